The van der Waals surface area contributed by atoms with Crippen molar-refractivity contribution < 1.29 is 8.78 Å². The summed E-state index contributed by atoms with van der Waals surface area (Å²) in [6.07, 6.45) is 0. The van der Waals surface area contributed by atoms with Crippen LogP contribution in [0.25, 0.3) is 11.1 Å². The first-order valence-electron chi connectivity index (χ1n) is 5.31. The van der Waals surface area contributed by atoms with Crippen molar-refractivity contribution >= 4 is 5.82 Å². The van der Waals surface area contributed by atoms with Gasteiger partial charge in [-0.15, -0.1) is 0 Å². The Kier molecular flexibility index (Phi) is 3.20. The summed E-state index contributed by atoms with van der Waals surface area (Å²) in [5, 5.41) is 18.0. The first kappa shape index (κ1) is 13.2. The minimum absolute atomic E-state index is 0.286. The quantitative estimate of drug-likeness (QED) is 0.822. The van der Waals surface area contributed by atoms with Gasteiger partial charge in [0.2, 0.25) is 0 Å². The van der Waals surface area contributed by atoms with E-state index in [1.54, 1.807) is 12.1 Å². The number of hydrogen-bond acceptors (Lipinski definition) is 4. The zero-order valence-corrected chi connectivity index (χ0v) is 9.87. The molecule has 0 unspecified atom stereocenters. The summed E-state index contributed by atoms with van der Waals surface area (Å²) in [6.45, 7) is 0. The number of aromatic amines is 1. The number of nitrogens with two attached hydrogens (primary N) is 1. The number of H-pyrrole nitrogens is 1. The first-order valence-corrected chi connectivity index (χ1v) is 5.31. The molecule has 0 aliphatic rings. The lowest BCUT2D eigenvalue weighted by atomic mass is 9.96. The monoisotopic (exact) mass is 272 g/mol. The molecule has 0 aliphatic carbocycles. The van der Waals surface area contributed by atoms with E-state index in [2.05, 4.69) is 4.98 Å². The van der Waals surface area contributed by atoms with Gasteiger partial charge in [0.15, 0.2) is 0 Å². The number of nitrogens with one attached hydrogen (secondary N) is 1. The van der Waals surface area contributed by atoms with Crippen LogP contribution in [-0.2, 0) is 0 Å². The van der Waals surface area contributed by atoms with E-state index in [1.165, 1.54) is 0 Å². The average molecular weight is 272 g/mol. The van der Waals surface area contributed by atoms with Gasteiger partial charge in [0, 0.05) is 11.1 Å². The predicted molar refractivity (Wildman–Crippen MR) is 66.3 cm³/mol. The molecule has 1 aromatic heterocycles. The number of nitrogen functional groups attached to an aromatic ring is 1. The van der Waals surface area contributed by atoms with Crippen molar-refractivity contribution in [3.63, 3.8) is 0 Å². The molecule has 20 heavy (non-hydrogen) atoms. The highest BCUT2D eigenvalue weighted by atomic mass is 19.1. The Morgan fingerprint density at radius 1 is 1.15 bits per heavy atom. The summed E-state index contributed by atoms with van der Waals surface area (Å²) in [5.74, 6) is -1.95. The number of nitriles is 2. The lowest BCUT2D eigenvalue weighted by molar-refractivity contribution is 0.603. The summed E-state index contributed by atoms with van der Waals surface area (Å²) < 4.78 is 27.1. The molecule has 7 heteroatoms. The van der Waals surface area contributed by atoms with Gasteiger partial charge in [-0.05, 0) is 18.2 Å². The maximum Gasteiger partial charge on any atom is 0.268 e. The van der Waals surface area contributed by atoms with Crippen LogP contribution in [0.5, 0.6) is 0 Å². The SMILES string of the molecule is N#Cc1c(N)[nH]c(=O)c(C#N)c1-c1cc(F)ccc1F. The zero-order valence-electron chi connectivity index (χ0n) is 9.87. The topological polar surface area (TPSA) is 106 Å². The smallest absolute Gasteiger partial charge is 0.268 e. The molecule has 5 nitrogen and oxygen atoms in total. The Balaban J connectivity index is 3.00. The molecule has 3 N–H and O–H groups in total. The molecule has 1 aromatic carbocycles. The minimum Gasteiger partial charge on any atom is -0.384 e. The van der Waals surface area contributed by atoms with E-state index in [-0.39, 0.29) is 22.5 Å². The van der Waals surface area contributed by atoms with Crippen LogP contribution in [-0.4, -0.2) is 4.98 Å². The number of nitrogens with zero attached hydrogens (tertiary/aromatic N) is 2. The molecule has 2 rings (SSSR count). The lowest BCUT2D eigenvalue weighted by Crippen LogP contribution is -2.16. The Hall–Kier alpha value is -3.19. The van der Waals surface area contributed by atoms with Gasteiger partial charge < -0.3 is 10.7 Å². The third-order valence-electron chi connectivity index (χ3n) is 2.67. The molecule has 0 radical (unpaired) electrons. The highest BCUT2D eigenvalue weighted by Crippen LogP contribution is 2.30. The van der Waals surface area contributed by atoms with Gasteiger partial charge in [0.1, 0.15) is 40.7 Å². The molecule has 0 saturated carbocycles. The summed E-state index contributed by atoms with van der Waals surface area (Å²) in [7, 11) is 0. The highest BCUT2D eigenvalue weighted by molar-refractivity contribution is 5.80. The molecule has 0 aliphatic heterocycles. The van der Waals surface area contributed by atoms with Crippen molar-refractivity contribution in [3.8, 4) is 23.3 Å². The van der Waals surface area contributed by atoms with E-state index in [1.807, 2.05) is 0 Å². The lowest BCUT2D eigenvalue weighted by Gasteiger charge is -2.09. The maximum atomic E-state index is 13.8. The highest BCUT2D eigenvalue weighted by Gasteiger charge is 2.21. The van der Waals surface area contributed by atoms with Crippen LogP contribution in [0.15, 0.2) is 23.0 Å². The van der Waals surface area contributed by atoms with Crippen molar-refractivity contribution in [2.45, 2.75) is 0 Å². The molecule has 98 valence electrons. The van der Waals surface area contributed by atoms with Crippen LogP contribution in [0.3, 0.4) is 0 Å². The van der Waals surface area contributed by atoms with Crippen molar-refractivity contribution in [2.75, 3.05) is 5.73 Å². The summed E-state index contributed by atoms with van der Waals surface area (Å²) in [5.41, 5.74) is 3.14. The Morgan fingerprint density at radius 2 is 1.80 bits per heavy atom. The van der Waals surface area contributed by atoms with E-state index in [9.17, 15) is 13.6 Å². The molecule has 0 fully saturated rings. The van der Waals surface area contributed by atoms with Crippen molar-refractivity contribution in [3.05, 3.63) is 51.3 Å². The largest absolute Gasteiger partial charge is 0.384 e. The average Bonchev–Trinajstić information content (AvgIpc) is 2.41. The summed E-state index contributed by atoms with van der Waals surface area (Å²) in [6, 6.07) is 5.76. The second-order valence-corrected chi connectivity index (χ2v) is 3.84. The van der Waals surface area contributed by atoms with Gasteiger partial charge in [-0.25, -0.2) is 8.78 Å². The second-order valence-electron chi connectivity index (χ2n) is 3.84. The van der Waals surface area contributed by atoms with Gasteiger partial charge in [0.05, 0.1) is 0 Å². The van der Waals surface area contributed by atoms with Gasteiger partial charge in [-0.2, -0.15) is 10.5 Å². The van der Waals surface area contributed by atoms with Crippen LogP contribution < -0.4 is 11.3 Å². The molecule has 0 atom stereocenters. The summed E-state index contributed by atoms with van der Waals surface area (Å²) >= 11 is 0. The molecule has 0 bridgehead atoms. The van der Waals surface area contributed by atoms with Crippen molar-refractivity contribution in [1.29, 1.82) is 10.5 Å². The first-order chi connectivity index (χ1) is 9.49. The fourth-order valence-corrected chi connectivity index (χ4v) is 1.80. The number of pyridine rings is 1. The Labute approximate surface area is 111 Å². The minimum atomic E-state index is -0.873. The third kappa shape index (κ3) is 1.98. The van der Waals surface area contributed by atoms with Crippen LogP contribution in [0.4, 0.5) is 14.6 Å². The number of halogens is 2. The third-order valence-corrected chi connectivity index (χ3v) is 2.67. The van der Waals surface area contributed by atoms with E-state index in [4.69, 9.17) is 16.3 Å². The van der Waals surface area contributed by atoms with E-state index in [0.717, 1.165) is 18.2 Å². The maximum absolute atomic E-state index is 13.8. The number of aromatic nitrogens is 1. The standard InChI is InChI=1S/C13H6F2N4O/c14-6-1-2-10(15)7(3-6)11-8(4-16)12(18)19-13(20)9(11)5-17/h1-3H,(H3,18,19,20). The van der Waals surface area contributed by atoms with E-state index >= 15 is 0 Å². The van der Waals surface area contributed by atoms with Crippen LogP contribution in [0, 0.1) is 34.3 Å². The van der Waals surface area contributed by atoms with Crippen LogP contribution >= 0.6 is 0 Å². The molecular weight excluding hydrogens is 266 g/mol. The summed E-state index contributed by atoms with van der Waals surface area (Å²) in [4.78, 5) is 13.8. The van der Waals surface area contributed by atoms with Crippen LogP contribution in [0.1, 0.15) is 11.1 Å². The van der Waals surface area contributed by atoms with E-state index in [0.29, 0.717) is 0 Å². The Morgan fingerprint density at radius 3 is 2.40 bits per heavy atom. The Bertz CT molecular complexity index is 843. The molecule has 0 saturated heterocycles. The van der Waals surface area contributed by atoms with Gasteiger partial charge >= 0.3 is 0 Å². The predicted octanol–water partition coefficient (Wildman–Crippen LogP) is 1.65. The molecule has 0 amide bonds. The van der Waals surface area contributed by atoms with Gasteiger partial charge in [0.25, 0.3) is 5.56 Å². The van der Waals surface area contributed by atoms with Gasteiger partial charge in [-0.1, -0.05) is 0 Å². The molecule has 2 aromatic rings. The van der Waals surface area contributed by atoms with E-state index < -0.39 is 22.8 Å². The second kappa shape index (κ2) is 4.82. The van der Waals surface area contributed by atoms with Crippen molar-refractivity contribution in [1.82, 2.24) is 4.98 Å². The number of hydrogen-bond donors (Lipinski definition) is 2. The molecule has 1 heterocycles. The normalized spacial score (nSPS) is 9.80. The fourth-order valence-electron chi connectivity index (χ4n) is 1.80. The number of anilines is 1. The molecule has 0 spiro atoms. The van der Waals surface area contributed by atoms with Crippen LogP contribution in [0.2, 0.25) is 0 Å². The van der Waals surface area contributed by atoms with Crippen molar-refractivity contribution in [2.24, 2.45) is 0 Å². The number of rotatable bonds is 1. The molecular formula is C13H6F2N4O. The van der Waals surface area contributed by atoms with Gasteiger partial charge in [-0.3, -0.25) is 4.79 Å². The zero-order chi connectivity index (χ0) is 14.9. The fraction of sp³-hybridized carbons (Fsp3) is 0. The number of benzene rings is 1.